The second-order valence-electron chi connectivity index (χ2n) is 3.25. The first-order chi connectivity index (χ1) is 6.31. The minimum Gasteiger partial charge on any atom is -0.371 e. The van der Waals surface area contributed by atoms with E-state index in [0.717, 1.165) is 24.3 Å². The molecule has 1 heterocycles. The smallest absolute Gasteiger partial charge is 0.123 e. The Morgan fingerprint density at radius 3 is 2.69 bits per heavy atom. The van der Waals surface area contributed by atoms with Gasteiger partial charge in [0.2, 0.25) is 0 Å². The summed E-state index contributed by atoms with van der Waals surface area (Å²) in [6.45, 7) is 2.13. The molecule has 0 atom stereocenters. The summed E-state index contributed by atoms with van der Waals surface area (Å²) in [5.74, 6) is 0.170. The minimum atomic E-state index is -0.208. The van der Waals surface area contributed by atoms with Crippen molar-refractivity contribution in [3.8, 4) is 0 Å². The third-order valence-electron chi connectivity index (χ3n) is 2.38. The van der Waals surface area contributed by atoms with E-state index in [-0.39, 0.29) is 5.82 Å². The molecule has 1 aromatic rings. The maximum Gasteiger partial charge on any atom is 0.123 e. The van der Waals surface area contributed by atoms with Crippen molar-refractivity contribution in [2.24, 2.45) is 0 Å². The lowest BCUT2D eigenvalue weighted by Gasteiger charge is -2.34. The van der Waals surface area contributed by atoms with E-state index in [2.05, 4.69) is 4.90 Å². The van der Waals surface area contributed by atoms with Gasteiger partial charge in [-0.2, -0.15) is 0 Å². The quantitative estimate of drug-likeness (QED) is 0.663. The minimum absolute atomic E-state index is 0.208. The third-order valence-corrected chi connectivity index (χ3v) is 2.67. The second-order valence-corrected chi connectivity index (χ2v) is 3.51. The van der Waals surface area contributed by atoms with Crippen LogP contribution in [0.4, 0.5) is 10.1 Å². The van der Waals surface area contributed by atoms with Gasteiger partial charge in [-0.1, -0.05) is 0 Å². The van der Waals surface area contributed by atoms with Crippen LogP contribution in [0.2, 0.25) is 0 Å². The molecular formula is C10H11ClFN. The fraction of sp³-hybridized carbons (Fsp3) is 0.400. The molecule has 70 valence electrons. The molecule has 0 spiro atoms. The summed E-state index contributed by atoms with van der Waals surface area (Å²) in [5.41, 5.74) is 1.98. The first kappa shape index (κ1) is 8.82. The van der Waals surface area contributed by atoms with E-state index in [1.54, 1.807) is 0 Å². The average Bonchev–Trinajstić information content (AvgIpc) is 2.05. The summed E-state index contributed by atoms with van der Waals surface area (Å²) in [5, 5.41) is 0. The monoisotopic (exact) mass is 199 g/mol. The van der Waals surface area contributed by atoms with Crippen LogP contribution in [0, 0.1) is 5.82 Å². The average molecular weight is 200 g/mol. The van der Waals surface area contributed by atoms with Crippen LogP contribution in [0.15, 0.2) is 18.2 Å². The van der Waals surface area contributed by atoms with Gasteiger partial charge in [-0.25, -0.2) is 4.39 Å². The van der Waals surface area contributed by atoms with Crippen molar-refractivity contribution < 1.29 is 4.39 Å². The molecule has 3 heteroatoms. The zero-order valence-corrected chi connectivity index (χ0v) is 8.02. The van der Waals surface area contributed by atoms with E-state index in [0.29, 0.717) is 5.88 Å². The van der Waals surface area contributed by atoms with E-state index in [9.17, 15) is 4.39 Å². The highest BCUT2D eigenvalue weighted by atomic mass is 35.5. The van der Waals surface area contributed by atoms with Crippen LogP contribution >= 0.6 is 11.6 Å². The van der Waals surface area contributed by atoms with E-state index in [1.165, 1.54) is 18.6 Å². The summed E-state index contributed by atoms with van der Waals surface area (Å²) in [4.78, 5) is 2.22. The molecule has 1 aromatic carbocycles. The van der Waals surface area contributed by atoms with Crippen LogP contribution in [-0.4, -0.2) is 13.1 Å². The Bertz CT molecular complexity index is 310. The summed E-state index contributed by atoms with van der Waals surface area (Å²) in [6, 6.07) is 4.82. The molecule has 0 radical (unpaired) electrons. The number of anilines is 1. The van der Waals surface area contributed by atoms with Gasteiger partial charge in [0.05, 0.1) is 0 Å². The predicted molar refractivity (Wildman–Crippen MR) is 52.8 cm³/mol. The molecule has 0 unspecified atom stereocenters. The summed E-state index contributed by atoms with van der Waals surface area (Å²) in [7, 11) is 0. The molecule has 0 N–H and O–H groups in total. The van der Waals surface area contributed by atoms with Crippen LogP contribution in [0.3, 0.4) is 0 Å². The van der Waals surface area contributed by atoms with Crippen molar-refractivity contribution in [2.45, 2.75) is 12.3 Å². The topological polar surface area (TPSA) is 3.24 Å². The fourth-order valence-electron chi connectivity index (χ4n) is 1.53. The first-order valence-corrected chi connectivity index (χ1v) is 4.94. The van der Waals surface area contributed by atoms with Crippen LogP contribution in [-0.2, 0) is 5.88 Å². The van der Waals surface area contributed by atoms with Crippen molar-refractivity contribution >= 4 is 17.3 Å². The Labute approximate surface area is 82.1 Å². The number of hydrogen-bond donors (Lipinski definition) is 0. The van der Waals surface area contributed by atoms with Gasteiger partial charge in [0, 0.05) is 24.7 Å². The van der Waals surface area contributed by atoms with Crippen molar-refractivity contribution in [1.82, 2.24) is 0 Å². The number of rotatable bonds is 2. The van der Waals surface area contributed by atoms with Gasteiger partial charge in [-0.15, -0.1) is 11.6 Å². The molecule has 1 nitrogen and oxygen atoms in total. The lowest BCUT2D eigenvalue weighted by molar-refractivity contribution is 0.607. The Morgan fingerprint density at radius 2 is 2.15 bits per heavy atom. The van der Waals surface area contributed by atoms with Crippen LogP contribution in [0.1, 0.15) is 12.0 Å². The highest BCUT2D eigenvalue weighted by Crippen LogP contribution is 2.26. The normalized spacial score (nSPS) is 15.7. The molecule has 0 aromatic heterocycles. The molecule has 0 aliphatic carbocycles. The van der Waals surface area contributed by atoms with Gasteiger partial charge < -0.3 is 4.90 Å². The summed E-state index contributed by atoms with van der Waals surface area (Å²) < 4.78 is 12.8. The summed E-state index contributed by atoms with van der Waals surface area (Å²) in [6.07, 6.45) is 1.22. The number of nitrogens with zero attached hydrogens (tertiary/aromatic N) is 1. The van der Waals surface area contributed by atoms with Crippen LogP contribution in [0.5, 0.6) is 0 Å². The lowest BCUT2D eigenvalue weighted by atomic mass is 10.1. The SMILES string of the molecule is Fc1ccc(N2CCC2)c(CCl)c1. The molecule has 1 saturated heterocycles. The molecule has 2 rings (SSSR count). The van der Waals surface area contributed by atoms with E-state index in [1.807, 2.05) is 6.07 Å². The Balaban J connectivity index is 2.32. The largest absolute Gasteiger partial charge is 0.371 e. The molecule has 0 amide bonds. The van der Waals surface area contributed by atoms with Crippen molar-refractivity contribution in [2.75, 3.05) is 18.0 Å². The van der Waals surface area contributed by atoms with Gasteiger partial charge in [0.15, 0.2) is 0 Å². The zero-order valence-electron chi connectivity index (χ0n) is 7.26. The molecule has 0 bridgehead atoms. The highest BCUT2D eigenvalue weighted by molar-refractivity contribution is 6.17. The Hall–Kier alpha value is -0.760. The van der Waals surface area contributed by atoms with E-state index in [4.69, 9.17) is 11.6 Å². The highest BCUT2D eigenvalue weighted by Gasteiger charge is 2.17. The maximum absolute atomic E-state index is 12.8. The van der Waals surface area contributed by atoms with Crippen molar-refractivity contribution in [3.05, 3.63) is 29.6 Å². The van der Waals surface area contributed by atoms with Gasteiger partial charge >= 0.3 is 0 Å². The molecule has 13 heavy (non-hydrogen) atoms. The maximum atomic E-state index is 12.8. The van der Waals surface area contributed by atoms with Crippen LogP contribution < -0.4 is 4.90 Å². The standard InChI is InChI=1S/C10H11ClFN/c11-7-8-6-9(12)2-3-10(8)13-4-1-5-13/h2-3,6H,1,4-5,7H2. The van der Waals surface area contributed by atoms with Gasteiger partial charge in [0.25, 0.3) is 0 Å². The predicted octanol–water partition coefficient (Wildman–Crippen LogP) is 2.77. The van der Waals surface area contributed by atoms with Gasteiger partial charge in [-0.3, -0.25) is 0 Å². The number of alkyl halides is 1. The zero-order chi connectivity index (χ0) is 9.26. The number of halogens is 2. The van der Waals surface area contributed by atoms with Crippen LogP contribution in [0.25, 0.3) is 0 Å². The molecule has 1 fully saturated rings. The van der Waals surface area contributed by atoms with E-state index >= 15 is 0 Å². The summed E-state index contributed by atoms with van der Waals surface area (Å²) >= 11 is 5.74. The molecule has 1 aliphatic heterocycles. The Morgan fingerprint density at radius 1 is 1.38 bits per heavy atom. The lowest BCUT2D eigenvalue weighted by Crippen LogP contribution is -2.37. The first-order valence-electron chi connectivity index (χ1n) is 4.40. The van der Waals surface area contributed by atoms with Crippen molar-refractivity contribution in [3.63, 3.8) is 0 Å². The third kappa shape index (κ3) is 1.63. The van der Waals surface area contributed by atoms with Crippen molar-refractivity contribution in [1.29, 1.82) is 0 Å². The Kier molecular flexibility index (Phi) is 2.40. The van der Waals surface area contributed by atoms with Gasteiger partial charge in [0.1, 0.15) is 5.82 Å². The van der Waals surface area contributed by atoms with Gasteiger partial charge in [-0.05, 0) is 30.2 Å². The van der Waals surface area contributed by atoms with E-state index < -0.39 is 0 Å². The fourth-order valence-corrected chi connectivity index (χ4v) is 1.74. The molecular weight excluding hydrogens is 189 g/mol. The number of benzene rings is 1. The number of hydrogen-bond acceptors (Lipinski definition) is 1. The second kappa shape index (κ2) is 3.54. The molecule has 1 aliphatic rings. The molecule has 0 saturated carbocycles.